The molecule has 0 saturated heterocycles. The van der Waals surface area contributed by atoms with Gasteiger partial charge in [-0.1, -0.05) is 24.3 Å². The van der Waals surface area contributed by atoms with Crippen LogP contribution in [-0.2, 0) is 19.4 Å². The predicted molar refractivity (Wildman–Crippen MR) is 105 cm³/mol. The van der Waals surface area contributed by atoms with E-state index in [4.69, 9.17) is 0 Å². The Balaban J connectivity index is 2.45. The number of fused-ring (bicyclic) bond motifs is 1. The third-order valence-electron chi connectivity index (χ3n) is 4.06. The zero-order valence-electron chi connectivity index (χ0n) is 15.3. The summed E-state index contributed by atoms with van der Waals surface area (Å²) in [7, 11) is -3.94. The molecule has 8 nitrogen and oxygen atoms in total. The molecule has 0 aliphatic rings. The van der Waals surface area contributed by atoms with E-state index in [9.17, 15) is 27.8 Å². The van der Waals surface area contributed by atoms with Crippen LogP contribution in [-0.4, -0.2) is 57.4 Å². The van der Waals surface area contributed by atoms with E-state index in [-0.39, 0.29) is 17.5 Å². The van der Waals surface area contributed by atoms with E-state index in [1.54, 1.807) is 24.3 Å². The van der Waals surface area contributed by atoms with E-state index >= 15 is 0 Å². The van der Waals surface area contributed by atoms with Crippen LogP contribution in [0.15, 0.2) is 41.3 Å². The molecule has 0 saturated carbocycles. The molecule has 2 atom stereocenters. The lowest BCUT2D eigenvalue weighted by atomic mass is 10.1. The predicted octanol–water partition coefficient (Wildman–Crippen LogP) is 1.93. The second-order valence-electron chi connectivity index (χ2n) is 6.60. The third kappa shape index (κ3) is 5.29. The van der Waals surface area contributed by atoms with Crippen LogP contribution in [0, 0.1) is 0 Å². The fourth-order valence-electron chi connectivity index (χ4n) is 2.74. The molecule has 27 heavy (non-hydrogen) atoms. The molecule has 0 heterocycles. The summed E-state index contributed by atoms with van der Waals surface area (Å²) in [6.07, 6.45) is -0.584. The molecule has 0 aromatic heterocycles. The lowest BCUT2D eigenvalue weighted by molar-refractivity contribution is -0.139. The lowest BCUT2D eigenvalue weighted by Gasteiger charge is -2.19. The molecule has 148 valence electrons. The summed E-state index contributed by atoms with van der Waals surface area (Å²) >= 11 is 0. The number of sulfonamides is 1. The van der Waals surface area contributed by atoms with Crippen molar-refractivity contribution in [1.82, 2.24) is 4.72 Å². The first-order valence-corrected chi connectivity index (χ1v) is 11.9. The van der Waals surface area contributed by atoms with E-state index in [2.05, 4.69) is 4.72 Å². The first-order chi connectivity index (χ1) is 12.4. The van der Waals surface area contributed by atoms with Gasteiger partial charge in [-0.3, -0.25) is 9.36 Å². The maximum Gasteiger partial charge on any atom is 0.321 e. The number of hydrogen-bond acceptors (Lipinski definition) is 5. The number of hydrogen-bond donors (Lipinski definition) is 3. The van der Waals surface area contributed by atoms with E-state index in [1.165, 1.54) is 6.07 Å². The Labute approximate surface area is 158 Å². The monoisotopic (exact) mass is 414 g/mol. The molecule has 3 N–H and O–H groups in total. The quantitative estimate of drug-likeness (QED) is 0.564. The van der Waals surface area contributed by atoms with Crippen molar-refractivity contribution in [3.8, 4) is 0 Å². The SMILES string of the molecule is CN(C)c1cccc2c(S(=O)(=O)N[C@H](CCP(C)(=O)O)C(=O)O)cccc12. The number of benzene rings is 2. The second kappa shape index (κ2) is 7.98. The number of nitrogens with one attached hydrogen (secondary N) is 1. The van der Waals surface area contributed by atoms with Crippen molar-refractivity contribution in [3.05, 3.63) is 36.4 Å². The summed E-state index contributed by atoms with van der Waals surface area (Å²) in [5.41, 5.74) is 0.825. The number of anilines is 1. The average molecular weight is 414 g/mol. The van der Waals surface area contributed by atoms with Gasteiger partial charge in [-0.25, -0.2) is 8.42 Å². The Bertz CT molecular complexity index is 1000. The van der Waals surface area contributed by atoms with Crippen molar-refractivity contribution in [2.75, 3.05) is 31.8 Å². The summed E-state index contributed by atoms with van der Waals surface area (Å²) in [6, 6.07) is 8.52. The third-order valence-corrected chi connectivity index (χ3v) is 6.68. The van der Waals surface area contributed by atoms with E-state index in [0.29, 0.717) is 10.8 Å². The summed E-state index contributed by atoms with van der Waals surface area (Å²) in [4.78, 5) is 22.6. The van der Waals surface area contributed by atoms with Crippen molar-refractivity contribution in [3.63, 3.8) is 0 Å². The molecule has 2 rings (SSSR count). The maximum atomic E-state index is 12.8. The molecule has 0 bridgehead atoms. The van der Waals surface area contributed by atoms with Gasteiger partial charge in [0.05, 0.1) is 4.90 Å². The van der Waals surface area contributed by atoms with Crippen LogP contribution < -0.4 is 9.62 Å². The highest BCUT2D eigenvalue weighted by molar-refractivity contribution is 7.89. The minimum Gasteiger partial charge on any atom is -0.480 e. The highest BCUT2D eigenvalue weighted by atomic mass is 32.2. The molecule has 10 heteroatoms. The highest BCUT2D eigenvalue weighted by Gasteiger charge is 2.28. The van der Waals surface area contributed by atoms with Gasteiger partial charge in [0.1, 0.15) is 6.04 Å². The van der Waals surface area contributed by atoms with E-state index in [1.807, 2.05) is 25.1 Å². The molecule has 2 aromatic carbocycles. The van der Waals surface area contributed by atoms with Crippen LogP contribution in [0.2, 0.25) is 0 Å². The molecule has 0 aliphatic carbocycles. The first-order valence-electron chi connectivity index (χ1n) is 8.16. The summed E-state index contributed by atoms with van der Waals surface area (Å²) in [6.45, 7) is 1.11. The van der Waals surface area contributed by atoms with Crippen LogP contribution in [0.1, 0.15) is 6.42 Å². The van der Waals surface area contributed by atoms with Gasteiger partial charge < -0.3 is 14.9 Å². The minimum absolute atomic E-state index is 0.0429. The van der Waals surface area contributed by atoms with Gasteiger partial charge in [-0.05, 0) is 18.6 Å². The molecule has 0 aliphatic heterocycles. The second-order valence-corrected chi connectivity index (χ2v) is 10.8. The van der Waals surface area contributed by atoms with E-state index < -0.39 is 29.4 Å². The first kappa shape index (κ1) is 21.4. The Hall–Kier alpha value is -1.93. The zero-order valence-corrected chi connectivity index (χ0v) is 17.0. The largest absolute Gasteiger partial charge is 0.480 e. The van der Waals surface area contributed by atoms with Crippen molar-refractivity contribution in [1.29, 1.82) is 0 Å². The number of rotatable bonds is 8. The molecule has 2 aromatic rings. The molecule has 0 fully saturated rings. The van der Waals surface area contributed by atoms with Crippen molar-refractivity contribution < 1.29 is 27.8 Å². The molecule has 0 radical (unpaired) electrons. The van der Waals surface area contributed by atoms with Gasteiger partial charge in [-0.2, -0.15) is 4.72 Å². The van der Waals surface area contributed by atoms with Gasteiger partial charge in [0, 0.05) is 43.4 Å². The fraction of sp³-hybridized carbons (Fsp3) is 0.353. The molecule has 1 unspecified atom stereocenters. The number of aliphatic carboxylic acids is 1. The van der Waals surface area contributed by atoms with Crippen LogP contribution in [0.4, 0.5) is 5.69 Å². The molecular formula is C17H23N2O6PS. The summed E-state index contributed by atoms with van der Waals surface area (Å²) in [5.74, 6) is -1.40. The topological polar surface area (TPSA) is 124 Å². The molecular weight excluding hydrogens is 391 g/mol. The zero-order chi connectivity index (χ0) is 20.4. The number of carbonyl (C=O) groups is 1. The average Bonchev–Trinajstić information content (AvgIpc) is 2.56. The van der Waals surface area contributed by atoms with Gasteiger partial charge in [0.15, 0.2) is 7.37 Å². The normalized spacial score (nSPS) is 15.3. The van der Waals surface area contributed by atoms with Gasteiger partial charge >= 0.3 is 5.97 Å². The number of carboxylic acids is 1. The Morgan fingerprint density at radius 2 is 1.78 bits per heavy atom. The number of carboxylic acid groups (broad SMARTS) is 1. The smallest absolute Gasteiger partial charge is 0.321 e. The molecule has 0 amide bonds. The van der Waals surface area contributed by atoms with Crippen LogP contribution in [0.3, 0.4) is 0 Å². The lowest BCUT2D eigenvalue weighted by Crippen LogP contribution is -2.41. The van der Waals surface area contributed by atoms with Gasteiger partial charge in [0.2, 0.25) is 10.0 Å². The molecule has 0 spiro atoms. The van der Waals surface area contributed by atoms with Crippen LogP contribution in [0.25, 0.3) is 10.8 Å². The van der Waals surface area contributed by atoms with Crippen LogP contribution >= 0.6 is 7.37 Å². The number of nitrogens with zero attached hydrogens (tertiary/aromatic N) is 1. The summed E-state index contributed by atoms with van der Waals surface area (Å²) < 4.78 is 39.3. The van der Waals surface area contributed by atoms with Crippen molar-refractivity contribution in [2.24, 2.45) is 0 Å². The van der Waals surface area contributed by atoms with Gasteiger partial charge in [-0.15, -0.1) is 0 Å². The van der Waals surface area contributed by atoms with Crippen molar-refractivity contribution >= 4 is 39.8 Å². The van der Waals surface area contributed by atoms with E-state index in [0.717, 1.165) is 12.4 Å². The summed E-state index contributed by atoms with van der Waals surface area (Å²) in [5, 5.41) is 10.5. The fourth-order valence-corrected chi connectivity index (χ4v) is 4.92. The Kier molecular flexibility index (Phi) is 6.32. The van der Waals surface area contributed by atoms with Gasteiger partial charge in [0.25, 0.3) is 0 Å². The minimum atomic E-state index is -4.16. The Morgan fingerprint density at radius 3 is 2.33 bits per heavy atom. The standard InChI is InChI=1S/C17H23N2O6PS/c1-19(2)15-8-4-7-13-12(15)6-5-9-16(13)27(24,25)18-14(17(20)21)10-11-26(3,22)23/h4-9,14,18H,10-11H2,1-3H3,(H,20,21)(H,22,23)/t14-/m1/s1. The Morgan fingerprint density at radius 1 is 1.19 bits per heavy atom. The highest BCUT2D eigenvalue weighted by Crippen LogP contribution is 2.36. The van der Waals surface area contributed by atoms with Crippen molar-refractivity contribution in [2.45, 2.75) is 17.4 Å². The maximum absolute atomic E-state index is 12.8. The van der Waals surface area contributed by atoms with Crippen LogP contribution in [0.5, 0.6) is 0 Å².